The van der Waals surface area contributed by atoms with Crippen LogP contribution in [0.5, 0.6) is 0 Å². The molecule has 0 amide bonds. The van der Waals surface area contributed by atoms with Crippen LogP contribution in [-0.4, -0.2) is 21.0 Å². The van der Waals surface area contributed by atoms with Gasteiger partial charge in [0.2, 0.25) is 10.0 Å². The Morgan fingerprint density at radius 3 is 2.67 bits per heavy atom. The van der Waals surface area contributed by atoms with E-state index in [4.69, 9.17) is 5.73 Å². The van der Waals surface area contributed by atoms with Gasteiger partial charge in [-0.2, -0.15) is 0 Å². The summed E-state index contributed by atoms with van der Waals surface area (Å²) in [6.45, 7) is 3.86. The van der Waals surface area contributed by atoms with E-state index < -0.39 is 10.0 Å². The summed E-state index contributed by atoms with van der Waals surface area (Å²) in [5.41, 5.74) is 6.28. The Kier molecular flexibility index (Phi) is 3.84. The zero-order valence-electron chi connectivity index (χ0n) is 8.90. The first kappa shape index (κ1) is 12.2. The molecule has 15 heavy (non-hydrogen) atoms. The molecule has 0 saturated carbocycles. The van der Waals surface area contributed by atoms with E-state index in [0.717, 1.165) is 5.56 Å². The number of benzene rings is 1. The molecule has 0 aliphatic carbocycles. The number of nitrogens with one attached hydrogen (secondary N) is 1. The van der Waals surface area contributed by atoms with Crippen molar-refractivity contribution < 1.29 is 8.42 Å². The smallest absolute Gasteiger partial charge is 0.240 e. The van der Waals surface area contributed by atoms with E-state index in [1.54, 1.807) is 25.1 Å². The largest absolute Gasteiger partial charge is 0.329 e. The molecule has 4 nitrogen and oxygen atoms in total. The SMILES string of the molecule is Cc1cccc(S(=O)(=O)N[C@@H](C)CN)c1. The molecular formula is C10H16N2O2S. The summed E-state index contributed by atoms with van der Waals surface area (Å²) in [4.78, 5) is 0.280. The minimum Gasteiger partial charge on any atom is -0.329 e. The molecule has 1 atom stereocenters. The monoisotopic (exact) mass is 228 g/mol. The van der Waals surface area contributed by atoms with E-state index in [1.807, 2.05) is 13.0 Å². The molecule has 0 bridgehead atoms. The van der Waals surface area contributed by atoms with Gasteiger partial charge in [-0.15, -0.1) is 0 Å². The van der Waals surface area contributed by atoms with Crippen molar-refractivity contribution in [2.75, 3.05) is 6.54 Å². The fraction of sp³-hybridized carbons (Fsp3) is 0.400. The fourth-order valence-electron chi connectivity index (χ4n) is 1.16. The summed E-state index contributed by atoms with van der Waals surface area (Å²) in [6.07, 6.45) is 0. The van der Waals surface area contributed by atoms with Gasteiger partial charge in [-0.05, 0) is 31.5 Å². The first-order chi connectivity index (χ1) is 6.95. The second-order valence-electron chi connectivity index (χ2n) is 3.57. The summed E-state index contributed by atoms with van der Waals surface area (Å²) < 4.78 is 26.1. The third-order valence-corrected chi connectivity index (χ3v) is 3.60. The molecule has 0 saturated heterocycles. The van der Waals surface area contributed by atoms with Crippen LogP contribution in [-0.2, 0) is 10.0 Å². The lowest BCUT2D eigenvalue weighted by molar-refractivity contribution is 0.562. The molecule has 0 unspecified atom stereocenters. The second kappa shape index (κ2) is 4.74. The van der Waals surface area contributed by atoms with Gasteiger partial charge in [0.1, 0.15) is 0 Å². The van der Waals surface area contributed by atoms with Gasteiger partial charge < -0.3 is 5.73 Å². The van der Waals surface area contributed by atoms with Gasteiger partial charge in [0.05, 0.1) is 4.90 Å². The first-order valence-electron chi connectivity index (χ1n) is 4.75. The number of hydrogen-bond donors (Lipinski definition) is 2. The second-order valence-corrected chi connectivity index (χ2v) is 5.29. The van der Waals surface area contributed by atoms with Crippen LogP contribution < -0.4 is 10.5 Å². The Morgan fingerprint density at radius 1 is 1.47 bits per heavy atom. The number of sulfonamides is 1. The van der Waals surface area contributed by atoms with Crippen LogP contribution in [0.2, 0.25) is 0 Å². The molecule has 1 rings (SSSR count). The highest BCUT2D eigenvalue weighted by atomic mass is 32.2. The van der Waals surface area contributed by atoms with Crippen molar-refractivity contribution in [3.8, 4) is 0 Å². The third kappa shape index (κ3) is 3.30. The molecule has 0 aliphatic heterocycles. The molecule has 0 radical (unpaired) electrons. The van der Waals surface area contributed by atoms with Crippen LogP contribution in [0.15, 0.2) is 29.2 Å². The van der Waals surface area contributed by atoms with Crippen LogP contribution >= 0.6 is 0 Å². The predicted molar refractivity (Wildman–Crippen MR) is 60.0 cm³/mol. The minimum absolute atomic E-state index is 0.254. The van der Waals surface area contributed by atoms with Gasteiger partial charge in [0.15, 0.2) is 0 Å². The van der Waals surface area contributed by atoms with Crippen LogP contribution in [0.1, 0.15) is 12.5 Å². The quantitative estimate of drug-likeness (QED) is 0.793. The van der Waals surface area contributed by atoms with E-state index in [2.05, 4.69) is 4.72 Å². The van der Waals surface area contributed by atoms with Gasteiger partial charge in [0, 0.05) is 12.6 Å². The zero-order chi connectivity index (χ0) is 11.5. The zero-order valence-corrected chi connectivity index (χ0v) is 9.71. The molecule has 3 N–H and O–H groups in total. The van der Waals surface area contributed by atoms with Crippen molar-refractivity contribution in [1.29, 1.82) is 0 Å². The van der Waals surface area contributed by atoms with Crippen LogP contribution in [0.25, 0.3) is 0 Å². The molecule has 84 valence electrons. The van der Waals surface area contributed by atoms with Gasteiger partial charge in [-0.1, -0.05) is 12.1 Å². The maximum Gasteiger partial charge on any atom is 0.240 e. The van der Waals surface area contributed by atoms with E-state index >= 15 is 0 Å². The molecule has 0 aliphatic rings. The Labute approximate surface area is 90.5 Å². The Hall–Kier alpha value is -0.910. The Morgan fingerprint density at radius 2 is 2.13 bits per heavy atom. The van der Waals surface area contributed by atoms with E-state index in [9.17, 15) is 8.42 Å². The van der Waals surface area contributed by atoms with Crippen LogP contribution in [0.4, 0.5) is 0 Å². The normalized spacial score (nSPS) is 13.8. The van der Waals surface area contributed by atoms with Gasteiger partial charge in [-0.25, -0.2) is 13.1 Å². The van der Waals surface area contributed by atoms with Gasteiger partial charge >= 0.3 is 0 Å². The molecule has 5 heteroatoms. The summed E-state index contributed by atoms with van der Waals surface area (Å²) in [6, 6.07) is 6.52. The predicted octanol–water partition coefficient (Wildman–Crippen LogP) is 0.621. The molecule has 0 fully saturated rings. The lowest BCUT2D eigenvalue weighted by atomic mass is 10.2. The molecule has 1 aromatic carbocycles. The van der Waals surface area contributed by atoms with E-state index in [0.29, 0.717) is 0 Å². The maximum atomic E-state index is 11.8. The Bertz CT molecular complexity index is 429. The number of nitrogens with two attached hydrogens (primary N) is 1. The summed E-state index contributed by atoms with van der Waals surface area (Å²) in [7, 11) is -3.42. The average Bonchev–Trinajstić information content (AvgIpc) is 2.17. The third-order valence-electron chi connectivity index (χ3n) is 2.01. The highest BCUT2D eigenvalue weighted by Gasteiger charge is 2.15. The highest BCUT2D eigenvalue weighted by molar-refractivity contribution is 7.89. The van der Waals surface area contributed by atoms with Crippen molar-refractivity contribution in [2.45, 2.75) is 24.8 Å². The van der Waals surface area contributed by atoms with Crippen molar-refractivity contribution >= 4 is 10.0 Å². The number of rotatable bonds is 4. The van der Waals surface area contributed by atoms with Crippen molar-refractivity contribution in [2.24, 2.45) is 5.73 Å². The standard InChI is InChI=1S/C10H16N2O2S/c1-8-4-3-5-10(6-8)15(13,14)12-9(2)7-11/h3-6,9,12H,7,11H2,1-2H3/t9-/m0/s1. The van der Waals surface area contributed by atoms with E-state index in [1.165, 1.54) is 0 Å². The van der Waals surface area contributed by atoms with Gasteiger partial charge in [0.25, 0.3) is 0 Å². The minimum atomic E-state index is -3.42. The lowest BCUT2D eigenvalue weighted by Crippen LogP contribution is -2.37. The Balaban J connectivity index is 2.96. The highest BCUT2D eigenvalue weighted by Crippen LogP contribution is 2.10. The molecular weight excluding hydrogens is 212 g/mol. The first-order valence-corrected chi connectivity index (χ1v) is 6.23. The molecule has 0 heterocycles. The average molecular weight is 228 g/mol. The molecule has 0 spiro atoms. The topological polar surface area (TPSA) is 72.2 Å². The van der Waals surface area contributed by atoms with E-state index in [-0.39, 0.29) is 17.5 Å². The van der Waals surface area contributed by atoms with Crippen LogP contribution in [0.3, 0.4) is 0 Å². The summed E-state index contributed by atoms with van der Waals surface area (Å²) in [5.74, 6) is 0. The summed E-state index contributed by atoms with van der Waals surface area (Å²) >= 11 is 0. The molecule has 1 aromatic rings. The van der Waals surface area contributed by atoms with Crippen molar-refractivity contribution in [3.63, 3.8) is 0 Å². The fourth-order valence-corrected chi connectivity index (χ4v) is 2.52. The van der Waals surface area contributed by atoms with Crippen molar-refractivity contribution in [3.05, 3.63) is 29.8 Å². The summed E-state index contributed by atoms with van der Waals surface area (Å²) in [5, 5.41) is 0. The van der Waals surface area contributed by atoms with Crippen LogP contribution in [0, 0.1) is 6.92 Å². The van der Waals surface area contributed by atoms with Crippen molar-refractivity contribution in [1.82, 2.24) is 4.72 Å². The maximum absolute atomic E-state index is 11.8. The molecule has 0 aromatic heterocycles. The lowest BCUT2D eigenvalue weighted by Gasteiger charge is -2.12. The number of hydrogen-bond acceptors (Lipinski definition) is 3. The number of aryl methyl sites for hydroxylation is 1. The van der Waals surface area contributed by atoms with Gasteiger partial charge in [-0.3, -0.25) is 0 Å².